The van der Waals surface area contributed by atoms with Crippen molar-refractivity contribution in [1.29, 1.82) is 5.26 Å². The number of likely N-dealkylation sites (tertiary alicyclic amines) is 1. The lowest BCUT2D eigenvalue weighted by Gasteiger charge is -2.15. The Morgan fingerprint density at radius 1 is 1.38 bits per heavy atom. The molecule has 0 radical (unpaired) electrons. The van der Waals surface area contributed by atoms with Crippen molar-refractivity contribution >= 4 is 0 Å². The van der Waals surface area contributed by atoms with Crippen molar-refractivity contribution in [1.82, 2.24) is 4.90 Å². The Morgan fingerprint density at radius 3 is 2.69 bits per heavy atom. The summed E-state index contributed by atoms with van der Waals surface area (Å²) < 4.78 is 0. The van der Waals surface area contributed by atoms with Crippen molar-refractivity contribution in [3.63, 3.8) is 0 Å². The molecule has 2 rings (SSSR count). The Balaban J connectivity index is 1.92. The van der Waals surface area contributed by atoms with E-state index in [0.717, 1.165) is 26.1 Å². The molecule has 16 heavy (non-hydrogen) atoms. The third-order valence-corrected chi connectivity index (χ3v) is 3.12. The van der Waals surface area contributed by atoms with E-state index in [2.05, 4.69) is 11.0 Å². The summed E-state index contributed by atoms with van der Waals surface area (Å²) in [7, 11) is 0. The molecule has 1 saturated heterocycles. The summed E-state index contributed by atoms with van der Waals surface area (Å²) in [5, 5.41) is 17.7. The molecule has 0 spiro atoms. The van der Waals surface area contributed by atoms with Crippen LogP contribution in [0, 0.1) is 17.2 Å². The summed E-state index contributed by atoms with van der Waals surface area (Å²) in [5.74, 6) is 0.443. The first-order valence-corrected chi connectivity index (χ1v) is 5.64. The molecule has 1 aliphatic rings. The van der Waals surface area contributed by atoms with E-state index in [1.54, 1.807) is 0 Å². The summed E-state index contributed by atoms with van der Waals surface area (Å²) in [6.07, 6.45) is 1.09. The highest BCUT2D eigenvalue weighted by atomic mass is 16.3. The second-order valence-corrected chi connectivity index (χ2v) is 4.38. The maximum absolute atomic E-state index is 9.06. The molecular weight excluding hydrogens is 200 g/mol. The molecule has 1 aromatic rings. The summed E-state index contributed by atoms with van der Waals surface area (Å²) in [4.78, 5) is 2.35. The second kappa shape index (κ2) is 5.11. The van der Waals surface area contributed by atoms with Gasteiger partial charge in [-0.25, -0.2) is 0 Å². The Morgan fingerprint density at radius 2 is 2.12 bits per heavy atom. The molecule has 0 saturated carbocycles. The lowest BCUT2D eigenvalue weighted by Crippen LogP contribution is -2.20. The SMILES string of the molecule is N#Cc1ccc(CN2CC[C@H](CO)C2)cc1. The van der Waals surface area contributed by atoms with E-state index in [0.29, 0.717) is 18.1 Å². The van der Waals surface area contributed by atoms with Gasteiger partial charge in [-0.05, 0) is 36.6 Å². The first kappa shape index (κ1) is 11.1. The molecule has 84 valence electrons. The molecule has 3 heteroatoms. The topological polar surface area (TPSA) is 47.3 Å². The molecule has 1 aliphatic heterocycles. The largest absolute Gasteiger partial charge is 0.396 e. The Labute approximate surface area is 95.9 Å². The van der Waals surface area contributed by atoms with Gasteiger partial charge in [0, 0.05) is 19.7 Å². The number of nitriles is 1. The predicted molar refractivity (Wildman–Crippen MR) is 61.6 cm³/mol. The van der Waals surface area contributed by atoms with E-state index in [4.69, 9.17) is 10.4 Å². The highest BCUT2D eigenvalue weighted by molar-refractivity contribution is 5.31. The molecule has 0 bridgehead atoms. The average Bonchev–Trinajstić information content (AvgIpc) is 2.78. The molecule has 1 fully saturated rings. The minimum atomic E-state index is 0.296. The van der Waals surface area contributed by atoms with Gasteiger partial charge in [0.2, 0.25) is 0 Å². The zero-order valence-corrected chi connectivity index (χ0v) is 9.26. The highest BCUT2D eigenvalue weighted by Crippen LogP contribution is 2.18. The summed E-state index contributed by atoms with van der Waals surface area (Å²) in [6.45, 7) is 3.26. The van der Waals surface area contributed by atoms with Gasteiger partial charge < -0.3 is 5.11 Å². The number of aliphatic hydroxyl groups excluding tert-OH is 1. The van der Waals surface area contributed by atoms with Gasteiger partial charge in [0.1, 0.15) is 0 Å². The number of aliphatic hydroxyl groups is 1. The Hall–Kier alpha value is -1.37. The summed E-state index contributed by atoms with van der Waals surface area (Å²) in [6, 6.07) is 9.84. The van der Waals surface area contributed by atoms with Crippen LogP contribution in [0.2, 0.25) is 0 Å². The molecule has 0 amide bonds. The number of benzene rings is 1. The third kappa shape index (κ3) is 2.60. The first-order chi connectivity index (χ1) is 7.81. The maximum atomic E-state index is 9.06. The standard InChI is InChI=1S/C13H16N2O/c14-7-11-1-3-12(4-2-11)8-15-6-5-13(9-15)10-16/h1-4,13,16H,5-6,8-10H2/t13-/m0/s1. The Kier molecular flexibility index (Phi) is 3.55. The average molecular weight is 216 g/mol. The number of nitrogens with zero attached hydrogens (tertiary/aromatic N) is 2. The van der Waals surface area contributed by atoms with Crippen molar-refractivity contribution in [2.24, 2.45) is 5.92 Å². The summed E-state index contributed by atoms with van der Waals surface area (Å²) >= 11 is 0. The maximum Gasteiger partial charge on any atom is 0.0991 e. The number of hydrogen-bond donors (Lipinski definition) is 1. The minimum absolute atomic E-state index is 0.296. The molecule has 0 aliphatic carbocycles. The fraction of sp³-hybridized carbons (Fsp3) is 0.462. The van der Waals surface area contributed by atoms with Crippen LogP contribution in [0.25, 0.3) is 0 Å². The van der Waals surface area contributed by atoms with Crippen molar-refractivity contribution in [2.45, 2.75) is 13.0 Å². The molecule has 1 atom stereocenters. The highest BCUT2D eigenvalue weighted by Gasteiger charge is 2.21. The molecular formula is C13H16N2O. The van der Waals surface area contributed by atoms with Crippen molar-refractivity contribution in [3.8, 4) is 6.07 Å². The van der Waals surface area contributed by atoms with Crippen molar-refractivity contribution in [3.05, 3.63) is 35.4 Å². The second-order valence-electron chi connectivity index (χ2n) is 4.38. The van der Waals surface area contributed by atoms with Crippen LogP contribution in [0.3, 0.4) is 0 Å². The van der Waals surface area contributed by atoms with E-state index in [1.165, 1.54) is 5.56 Å². The van der Waals surface area contributed by atoms with Gasteiger partial charge >= 0.3 is 0 Å². The number of hydrogen-bond acceptors (Lipinski definition) is 3. The van der Waals surface area contributed by atoms with E-state index in [-0.39, 0.29) is 0 Å². The van der Waals surface area contributed by atoms with Crippen molar-refractivity contribution < 1.29 is 5.11 Å². The van der Waals surface area contributed by atoms with Crippen LogP contribution >= 0.6 is 0 Å². The van der Waals surface area contributed by atoms with Gasteiger partial charge in [0.15, 0.2) is 0 Å². The van der Waals surface area contributed by atoms with Crippen LogP contribution in [0.1, 0.15) is 17.5 Å². The van der Waals surface area contributed by atoms with E-state index in [9.17, 15) is 0 Å². The van der Waals surface area contributed by atoms with Crippen LogP contribution < -0.4 is 0 Å². The van der Waals surface area contributed by atoms with Crippen LogP contribution in [0.5, 0.6) is 0 Å². The van der Waals surface area contributed by atoms with Gasteiger partial charge in [-0.2, -0.15) is 5.26 Å². The zero-order chi connectivity index (χ0) is 11.4. The lowest BCUT2D eigenvalue weighted by molar-refractivity contribution is 0.220. The molecule has 3 nitrogen and oxygen atoms in total. The van der Waals surface area contributed by atoms with E-state index >= 15 is 0 Å². The predicted octanol–water partition coefficient (Wildman–Crippen LogP) is 1.37. The van der Waals surface area contributed by atoms with Crippen LogP contribution in [0.15, 0.2) is 24.3 Å². The monoisotopic (exact) mass is 216 g/mol. The first-order valence-electron chi connectivity index (χ1n) is 5.64. The molecule has 1 aromatic carbocycles. The van der Waals surface area contributed by atoms with Gasteiger partial charge in [-0.1, -0.05) is 12.1 Å². The van der Waals surface area contributed by atoms with E-state index in [1.807, 2.05) is 24.3 Å². The quantitative estimate of drug-likeness (QED) is 0.830. The Bertz CT molecular complexity index is 380. The van der Waals surface area contributed by atoms with Gasteiger partial charge in [-0.3, -0.25) is 4.90 Å². The van der Waals surface area contributed by atoms with Crippen LogP contribution in [-0.2, 0) is 6.54 Å². The molecule has 0 aromatic heterocycles. The van der Waals surface area contributed by atoms with E-state index < -0.39 is 0 Å². The zero-order valence-electron chi connectivity index (χ0n) is 9.26. The van der Waals surface area contributed by atoms with Crippen LogP contribution in [-0.4, -0.2) is 29.7 Å². The van der Waals surface area contributed by atoms with Gasteiger partial charge in [0.25, 0.3) is 0 Å². The van der Waals surface area contributed by atoms with Gasteiger partial charge in [0.05, 0.1) is 11.6 Å². The normalized spacial score (nSPS) is 20.9. The van der Waals surface area contributed by atoms with Crippen LogP contribution in [0.4, 0.5) is 0 Å². The summed E-state index contributed by atoms with van der Waals surface area (Å²) in [5.41, 5.74) is 1.94. The van der Waals surface area contributed by atoms with Gasteiger partial charge in [-0.15, -0.1) is 0 Å². The smallest absolute Gasteiger partial charge is 0.0991 e. The van der Waals surface area contributed by atoms with Crippen molar-refractivity contribution in [2.75, 3.05) is 19.7 Å². The minimum Gasteiger partial charge on any atom is -0.396 e. The number of rotatable bonds is 3. The molecule has 0 unspecified atom stereocenters. The third-order valence-electron chi connectivity index (χ3n) is 3.12. The molecule has 1 N–H and O–H groups in total. The lowest BCUT2D eigenvalue weighted by atomic mass is 10.1. The fourth-order valence-corrected chi connectivity index (χ4v) is 2.15. The fourth-order valence-electron chi connectivity index (χ4n) is 2.15. The molecule has 1 heterocycles.